The maximum absolute atomic E-state index is 13.9. The third-order valence-corrected chi connectivity index (χ3v) is 6.04. The molecule has 0 aromatic carbocycles. The molecule has 36 heavy (non-hydrogen) atoms. The van der Waals surface area contributed by atoms with Crippen molar-refractivity contribution in [2.45, 2.75) is 40.2 Å². The predicted octanol–water partition coefficient (Wildman–Crippen LogP) is 5.03. The topological polar surface area (TPSA) is 79.0 Å². The highest BCUT2D eigenvalue weighted by Crippen LogP contribution is 2.26. The first-order chi connectivity index (χ1) is 17.1. The third-order valence-electron chi connectivity index (χ3n) is 5.69. The molecule has 0 aliphatic carbocycles. The van der Waals surface area contributed by atoms with Gasteiger partial charge in [-0.3, -0.25) is 23.7 Å². The number of pyridine rings is 4. The minimum atomic E-state index is -0.868. The van der Waals surface area contributed by atoms with Gasteiger partial charge in [0.25, 0.3) is 11.1 Å². The van der Waals surface area contributed by atoms with Gasteiger partial charge in [0.2, 0.25) is 0 Å². The maximum atomic E-state index is 13.9. The van der Waals surface area contributed by atoms with Crippen molar-refractivity contribution in [1.29, 1.82) is 0 Å². The quantitative estimate of drug-likeness (QED) is 0.362. The average molecular weight is 513 g/mol. The van der Waals surface area contributed by atoms with Crippen molar-refractivity contribution in [3.05, 3.63) is 109 Å². The summed E-state index contributed by atoms with van der Waals surface area (Å²) < 4.78 is 35.4. The Kier molecular flexibility index (Phi) is 7.03. The van der Waals surface area contributed by atoms with E-state index < -0.39 is 17.2 Å². The smallest absolute Gasteiger partial charge is 0.277 e. The lowest BCUT2D eigenvalue weighted by Gasteiger charge is -2.17. The van der Waals surface area contributed by atoms with E-state index in [0.717, 1.165) is 6.20 Å². The van der Waals surface area contributed by atoms with E-state index in [1.54, 1.807) is 44.4 Å². The zero-order valence-electron chi connectivity index (χ0n) is 20.1. The summed E-state index contributed by atoms with van der Waals surface area (Å²) in [5, 5.41) is -0.222. The fraction of sp³-hybridized carbons (Fsp3) is 0.231. The summed E-state index contributed by atoms with van der Waals surface area (Å²) in [6.45, 7) is 7.00. The van der Waals surface area contributed by atoms with Crippen LogP contribution in [-0.4, -0.2) is 19.1 Å². The Morgan fingerprint density at radius 2 is 1.81 bits per heavy atom. The highest BCUT2D eigenvalue weighted by Gasteiger charge is 2.18. The Morgan fingerprint density at radius 1 is 1.06 bits per heavy atom. The van der Waals surface area contributed by atoms with Gasteiger partial charge < -0.3 is 4.74 Å². The summed E-state index contributed by atoms with van der Waals surface area (Å²) in [6.07, 6.45) is 4.07. The summed E-state index contributed by atoms with van der Waals surface area (Å²) >= 11 is 6.34. The lowest BCUT2D eigenvalue weighted by molar-refractivity contribution is 0.292. The molecule has 0 bridgehead atoms. The van der Waals surface area contributed by atoms with Crippen LogP contribution in [0.1, 0.15) is 42.3 Å². The average Bonchev–Trinajstić information content (AvgIpc) is 2.82. The molecule has 7 nitrogen and oxygen atoms in total. The van der Waals surface area contributed by atoms with Gasteiger partial charge in [-0.05, 0) is 31.4 Å². The first kappa shape index (κ1) is 25.2. The molecule has 10 heteroatoms. The normalized spacial score (nSPS) is 11.2. The molecule has 186 valence electrons. The molecule has 4 rings (SSSR count). The van der Waals surface area contributed by atoms with Crippen LogP contribution in [0, 0.1) is 25.5 Å². The summed E-state index contributed by atoms with van der Waals surface area (Å²) in [7, 11) is 0. The Bertz CT molecular complexity index is 1580. The number of aromatic nitrogens is 4. The molecule has 0 amide bonds. The van der Waals surface area contributed by atoms with Crippen LogP contribution < -0.4 is 15.9 Å². The molecular weight excluding hydrogens is 490 g/mol. The standard InChI is InChI=1S/C26H23ClF2N4O3/c1-14(2)18-6-5-7-32(25(18)34)23-10-21(15(3)11-31-23)33-16(4)8-22(24(27)26(33)35)36-13-20-19(29)9-17(28)12-30-20/h5-12,14H,13H2,1-4H3. The molecule has 4 aromatic rings. The third kappa shape index (κ3) is 4.79. The second-order valence-corrected chi connectivity index (χ2v) is 8.98. The van der Waals surface area contributed by atoms with E-state index in [1.807, 2.05) is 13.8 Å². The number of aryl methyl sites for hydroxylation is 2. The van der Waals surface area contributed by atoms with Crippen LogP contribution in [0.4, 0.5) is 8.78 Å². The van der Waals surface area contributed by atoms with Crippen LogP contribution in [0.25, 0.3) is 11.5 Å². The molecule has 0 radical (unpaired) electrons. The minimum absolute atomic E-state index is 0.0321. The number of hydrogen-bond acceptors (Lipinski definition) is 5. The van der Waals surface area contributed by atoms with E-state index in [4.69, 9.17) is 16.3 Å². The van der Waals surface area contributed by atoms with E-state index in [1.165, 1.54) is 15.2 Å². The van der Waals surface area contributed by atoms with Gasteiger partial charge >= 0.3 is 0 Å². The van der Waals surface area contributed by atoms with Gasteiger partial charge in [0.05, 0.1) is 11.9 Å². The molecule has 0 saturated carbocycles. The molecule has 0 fully saturated rings. The molecule has 0 spiro atoms. The van der Waals surface area contributed by atoms with Gasteiger partial charge in [0.1, 0.15) is 34.7 Å². The highest BCUT2D eigenvalue weighted by molar-refractivity contribution is 6.31. The van der Waals surface area contributed by atoms with Gasteiger partial charge in [-0.1, -0.05) is 31.5 Å². The minimum Gasteiger partial charge on any atom is -0.485 e. The number of rotatable bonds is 6. The highest BCUT2D eigenvalue weighted by atomic mass is 35.5. The van der Waals surface area contributed by atoms with Gasteiger partial charge in [-0.2, -0.15) is 0 Å². The Morgan fingerprint density at radius 3 is 2.50 bits per heavy atom. The molecule has 0 N–H and O–H groups in total. The molecule has 0 atom stereocenters. The number of halogens is 3. The number of nitrogens with zero attached hydrogens (tertiary/aromatic N) is 4. The molecule has 0 aliphatic heterocycles. The van der Waals surface area contributed by atoms with Crippen molar-refractivity contribution in [2.24, 2.45) is 0 Å². The molecule has 4 heterocycles. The second-order valence-electron chi connectivity index (χ2n) is 8.60. The molecule has 0 saturated heterocycles. The van der Waals surface area contributed by atoms with Crippen LogP contribution in [-0.2, 0) is 6.61 Å². The summed E-state index contributed by atoms with van der Waals surface area (Å²) in [6, 6.07) is 7.43. The van der Waals surface area contributed by atoms with E-state index >= 15 is 0 Å². The van der Waals surface area contributed by atoms with Gasteiger partial charge in [0.15, 0.2) is 5.82 Å². The predicted molar refractivity (Wildman–Crippen MR) is 132 cm³/mol. The molecule has 4 aromatic heterocycles. The zero-order valence-corrected chi connectivity index (χ0v) is 20.8. The van der Waals surface area contributed by atoms with Crippen molar-refractivity contribution >= 4 is 11.6 Å². The van der Waals surface area contributed by atoms with Crippen LogP contribution in [0.5, 0.6) is 5.75 Å². The van der Waals surface area contributed by atoms with Crippen LogP contribution in [0.3, 0.4) is 0 Å². The van der Waals surface area contributed by atoms with E-state index in [0.29, 0.717) is 34.4 Å². The van der Waals surface area contributed by atoms with E-state index in [9.17, 15) is 18.4 Å². The van der Waals surface area contributed by atoms with E-state index in [-0.39, 0.29) is 34.6 Å². The molecule has 0 aliphatic rings. The SMILES string of the molecule is Cc1cnc(-n2cccc(C(C)C)c2=O)cc1-n1c(C)cc(OCc2ncc(F)cc2F)c(Cl)c1=O. The fourth-order valence-electron chi connectivity index (χ4n) is 3.79. The van der Waals surface area contributed by atoms with Gasteiger partial charge in [0, 0.05) is 41.9 Å². The number of ether oxygens (including phenoxy) is 1. The maximum Gasteiger partial charge on any atom is 0.277 e. The van der Waals surface area contributed by atoms with Crippen molar-refractivity contribution in [1.82, 2.24) is 19.1 Å². The Hall–Kier alpha value is -3.85. The van der Waals surface area contributed by atoms with Crippen molar-refractivity contribution in [3.8, 4) is 17.3 Å². The monoisotopic (exact) mass is 512 g/mol. The summed E-state index contributed by atoms with van der Waals surface area (Å²) in [5.74, 6) is -1.26. The first-order valence-electron chi connectivity index (χ1n) is 11.1. The van der Waals surface area contributed by atoms with Crippen molar-refractivity contribution < 1.29 is 13.5 Å². The fourth-order valence-corrected chi connectivity index (χ4v) is 3.98. The largest absolute Gasteiger partial charge is 0.485 e. The number of hydrogen-bond donors (Lipinski definition) is 0. The van der Waals surface area contributed by atoms with Crippen molar-refractivity contribution in [3.63, 3.8) is 0 Å². The Balaban J connectivity index is 1.75. The second kappa shape index (κ2) is 10.0. The van der Waals surface area contributed by atoms with Crippen LogP contribution >= 0.6 is 11.6 Å². The van der Waals surface area contributed by atoms with E-state index in [2.05, 4.69) is 9.97 Å². The van der Waals surface area contributed by atoms with Gasteiger partial charge in [-0.25, -0.2) is 13.8 Å². The lowest BCUT2D eigenvalue weighted by atomic mass is 10.1. The van der Waals surface area contributed by atoms with Crippen LogP contribution in [0.15, 0.2) is 58.5 Å². The van der Waals surface area contributed by atoms with Crippen LogP contribution in [0.2, 0.25) is 5.02 Å². The summed E-state index contributed by atoms with van der Waals surface area (Å²) in [4.78, 5) is 34.3. The van der Waals surface area contributed by atoms with Gasteiger partial charge in [-0.15, -0.1) is 0 Å². The zero-order chi connectivity index (χ0) is 26.1. The Labute approximate surface area is 210 Å². The van der Waals surface area contributed by atoms with Crippen molar-refractivity contribution in [2.75, 3.05) is 0 Å². The molecular formula is C26H23ClF2N4O3. The summed E-state index contributed by atoms with van der Waals surface area (Å²) in [5.41, 5.74) is 1.41. The molecule has 0 unspecified atom stereocenters. The first-order valence-corrected chi connectivity index (χ1v) is 11.5. The lowest BCUT2D eigenvalue weighted by Crippen LogP contribution is -2.25.